The van der Waals surface area contributed by atoms with Crippen molar-refractivity contribution in [3.8, 4) is 0 Å². The Morgan fingerprint density at radius 1 is 1.29 bits per heavy atom. The zero-order valence-electron chi connectivity index (χ0n) is 12.5. The lowest BCUT2D eigenvalue weighted by molar-refractivity contribution is -0.131. The predicted molar refractivity (Wildman–Crippen MR) is 83.8 cm³/mol. The topological polar surface area (TPSA) is 61.5 Å². The van der Waals surface area contributed by atoms with Crippen molar-refractivity contribution in [1.29, 1.82) is 0 Å². The summed E-state index contributed by atoms with van der Waals surface area (Å²) in [6.45, 7) is 4.16. The Morgan fingerprint density at radius 3 is 2.76 bits per heavy atom. The van der Waals surface area contributed by atoms with E-state index in [1.54, 1.807) is 0 Å². The molecule has 0 amide bonds. The Kier molecular flexibility index (Phi) is 4.33. The molecule has 4 nitrogen and oxygen atoms in total. The summed E-state index contributed by atoms with van der Waals surface area (Å²) in [6, 6.07) is 5.79. The fraction of sp³-hybridized carbons (Fsp3) is 0.625. The molecule has 0 bridgehead atoms. The molecule has 2 aliphatic heterocycles. The van der Waals surface area contributed by atoms with Crippen LogP contribution in [0, 0.1) is 6.92 Å². The van der Waals surface area contributed by atoms with Crippen molar-refractivity contribution in [3.05, 3.63) is 23.8 Å². The van der Waals surface area contributed by atoms with Crippen LogP contribution < -0.4 is 5.73 Å². The van der Waals surface area contributed by atoms with Crippen molar-refractivity contribution in [2.45, 2.75) is 48.4 Å². The summed E-state index contributed by atoms with van der Waals surface area (Å²) in [5.41, 5.74) is 7.66. The predicted octanol–water partition coefficient (Wildman–Crippen LogP) is 2.41. The first kappa shape index (κ1) is 15.0. The smallest absolute Gasteiger partial charge is 0.0738 e. The normalized spacial score (nSPS) is 26.6. The molecule has 5 heteroatoms. The molecule has 2 saturated heterocycles. The van der Waals surface area contributed by atoms with Gasteiger partial charge in [-0.25, -0.2) is 0 Å². The minimum absolute atomic E-state index is 0.127. The summed E-state index contributed by atoms with van der Waals surface area (Å²) < 4.78 is 24.4. The van der Waals surface area contributed by atoms with Gasteiger partial charge in [0, 0.05) is 30.8 Å². The molecule has 2 N–H and O–H groups in total. The first-order valence-electron chi connectivity index (χ1n) is 7.58. The van der Waals surface area contributed by atoms with Gasteiger partial charge in [0.05, 0.1) is 21.3 Å². The maximum Gasteiger partial charge on any atom is 0.0738 e. The van der Waals surface area contributed by atoms with Gasteiger partial charge in [-0.15, -0.1) is 0 Å². The van der Waals surface area contributed by atoms with Crippen LogP contribution in [-0.4, -0.2) is 34.9 Å². The lowest BCUT2D eigenvalue weighted by atomic mass is 9.86. The van der Waals surface area contributed by atoms with Crippen LogP contribution in [0.3, 0.4) is 0 Å². The molecule has 0 radical (unpaired) electrons. The van der Waals surface area contributed by atoms with E-state index in [2.05, 4.69) is 0 Å². The summed E-state index contributed by atoms with van der Waals surface area (Å²) in [6.07, 6.45) is 3.49. The third kappa shape index (κ3) is 3.15. The quantitative estimate of drug-likeness (QED) is 0.852. The standard InChI is InChI=1S/C16H23NO3S/c1-12-2-3-15(14(17)10-12)21(18)13-4-7-20-16(11-13)5-8-19-9-6-16/h2-3,10,13H,4-9,11,17H2,1H3. The number of hydrogen-bond acceptors (Lipinski definition) is 4. The molecule has 116 valence electrons. The number of nitrogen functional groups attached to an aromatic ring is 1. The van der Waals surface area contributed by atoms with Crippen LogP contribution in [0.2, 0.25) is 0 Å². The van der Waals surface area contributed by atoms with Gasteiger partial charge in [-0.2, -0.15) is 0 Å². The molecule has 1 spiro atoms. The maximum absolute atomic E-state index is 12.9. The second kappa shape index (κ2) is 6.07. The van der Waals surface area contributed by atoms with Crippen LogP contribution in [0.1, 0.15) is 31.2 Å². The van der Waals surface area contributed by atoms with Gasteiger partial charge in [0.25, 0.3) is 0 Å². The lowest BCUT2D eigenvalue weighted by Crippen LogP contribution is -2.47. The summed E-state index contributed by atoms with van der Waals surface area (Å²) in [5.74, 6) is 0. The summed E-state index contributed by atoms with van der Waals surface area (Å²) in [7, 11) is -1.06. The first-order chi connectivity index (χ1) is 10.1. The molecule has 0 aromatic heterocycles. The van der Waals surface area contributed by atoms with E-state index in [9.17, 15) is 4.21 Å². The van der Waals surface area contributed by atoms with Crippen molar-refractivity contribution in [1.82, 2.24) is 0 Å². The molecular formula is C16H23NO3S. The zero-order chi connectivity index (χ0) is 14.9. The molecular weight excluding hydrogens is 286 g/mol. The van der Waals surface area contributed by atoms with Gasteiger partial charge in [-0.3, -0.25) is 4.21 Å². The number of ether oxygens (including phenoxy) is 2. The van der Waals surface area contributed by atoms with Crippen LogP contribution in [0.4, 0.5) is 5.69 Å². The molecule has 3 rings (SSSR count). The fourth-order valence-electron chi connectivity index (χ4n) is 3.29. The Morgan fingerprint density at radius 2 is 2.05 bits per heavy atom. The first-order valence-corrected chi connectivity index (χ1v) is 8.79. The summed E-state index contributed by atoms with van der Waals surface area (Å²) in [5, 5.41) is 0.127. The molecule has 2 heterocycles. The Hall–Kier alpha value is -0.910. The van der Waals surface area contributed by atoms with E-state index in [1.807, 2.05) is 25.1 Å². The number of rotatable bonds is 2. The van der Waals surface area contributed by atoms with Crippen LogP contribution in [0.5, 0.6) is 0 Å². The number of anilines is 1. The molecule has 2 fully saturated rings. The van der Waals surface area contributed by atoms with Gasteiger partial charge in [0.15, 0.2) is 0 Å². The molecule has 1 aromatic carbocycles. The van der Waals surface area contributed by atoms with Crippen LogP contribution in [0.25, 0.3) is 0 Å². The van der Waals surface area contributed by atoms with Crippen molar-refractivity contribution < 1.29 is 13.7 Å². The van der Waals surface area contributed by atoms with Crippen molar-refractivity contribution in [3.63, 3.8) is 0 Å². The van der Waals surface area contributed by atoms with E-state index in [0.717, 1.165) is 49.4 Å². The van der Waals surface area contributed by atoms with Crippen LogP contribution >= 0.6 is 0 Å². The van der Waals surface area contributed by atoms with E-state index in [0.29, 0.717) is 12.3 Å². The van der Waals surface area contributed by atoms with Gasteiger partial charge in [-0.05, 0) is 50.3 Å². The lowest BCUT2D eigenvalue weighted by Gasteiger charge is -2.43. The van der Waals surface area contributed by atoms with Gasteiger partial charge in [0.2, 0.25) is 0 Å². The maximum atomic E-state index is 12.9. The van der Waals surface area contributed by atoms with E-state index >= 15 is 0 Å². The number of benzene rings is 1. The molecule has 0 saturated carbocycles. The van der Waals surface area contributed by atoms with Gasteiger partial charge < -0.3 is 15.2 Å². The SMILES string of the molecule is Cc1ccc(S(=O)C2CCOC3(CCOCC3)C2)c(N)c1. The Balaban J connectivity index is 1.77. The fourth-order valence-corrected chi connectivity index (χ4v) is 4.91. The molecule has 2 atom stereocenters. The minimum Gasteiger partial charge on any atom is -0.398 e. The number of aryl methyl sites for hydroxylation is 1. The van der Waals surface area contributed by atoms with Crippen molar-refractivity contribution in [2.75, 3.05) is 25.6 Å². The van der Waals surface area contributed by atoms with E-state index in [4.69, 9.17) is 15.2 Å². The molecule has 2 unspecified atom stereocenters. The highest BCUT2D eigenvalue weighted by molar-refractivity contribution is 7.85. The summed E-state index contributed by atoms with van der Waals surface area (Å²) >= 11 is 0. The average molecular weight is 309 g/mol. The van der Waals surface area contributed by atoms with Gasteiger partial charge >= 0.3 is 0 Å². The Bertz CT molecular complexity index is 535. The Labute approximate surface area is 128 Å². The minimum atomic E-state index is -1.06. The largest absolute Gasteiger partial charge is 0.398 e. The molecule has 21 heavy (non-hydrogen) atoms. The third-order valence-electron chi connectivity index (χ3n) is 4.54. The van der Waals surface area contributed by atoms with Crippen LogP contribution in [0.15, 0.2) is 23.1 Å². The number of hydrogen-bond donors (Lipinski definition) is 1. The number of nitrogens with two attached hydrogens (primary N) is 1. The zero-order valence-corrected chi connectivity index (χ0v) is 13.3. The highest BCUT2D eigenvalue weighted by Crippen LogP contribution is 2.37. The average Bonchev–Trinajstić information content (AvgIpc) is 2.47. The van der Waals surface area contributed by atoms with E-state index in [-0.39, 0.29) is 10.9 Å². The third-order valence-corrected chi connectivity index (χ3v) is 6.35. The second-order valence-electron chi connectivity index (χ2n) is 6.10. The molecule has 2 aliphatic rings. The highest BCUT2D eigenvalue weighted by Gasteiger charge is 2.41. The second-order valence-corrected chi connectivity index (χ2v) is 7.80. The van der Waals surface area contributed by atoms with Gasteiger partial charge in [-0.1, -0.05) is 6.07 Å². The van der Waals surface area contributed by atoms with E-state index < -0.39 is 10.8 Å². The summed E-state index contributed by atoms with van der Waals surface area (Å²) in [4.78, 5) is 0.773. The monoisotopic (exact) mass is 309 g/mol. The molecule has 1 aromatic rings. The highest BCUT2D eigenvalue weighted by atomic mass is 32.2. The van der Waals surface area contributed by atoms with Crippen molar-refractivity contribution >= 4 is 16.5 Å². The van der Waals surface area contributed by atoms with Crippen molar-refractivity contribution in [2.24, 2.45) is 0 Å². The van der Waals surface area contributed by atoms with Gasteiger partial charge in [0.1, 0.15) is 0 Å². The molecule has 0 aliphatic carbocycles. The van der Waals surface area contributed by atoms with E-state index in [1.165, 1.54) is 0 Å². The van der Waals surface area contributed by atoms with Crippen LogP contribution in [-0.2, 0) is 20.3 Å².